The van der Waals surface area contributed by atoms with E-state index in [2.05, 4.69) is 10.6 Å². The third-order valence-corrected chi connectivity index (χ3v) is 4.59. The topological polar surface area (TPSA) is 70.7 Å². The molecule has 3 rings (SSSR count). The zero-order valence-corrected chi connectivity index (χ0v) is 15.7. The highest BCUT2D eigenvalue weighted by Gasteiger charge is 2.30. The van der Waals surface area contributed by atoms with Gasteiger partial charge in [-0.15, -0.1) is 0 Å². The fraction of sp³-hybridized carbons (Fsp3) is 0.300. The van der Waals surface area contributed by atoms with Gasteiger partial charge in [0.2, 0.25) is 5.91 Å². The molecule has 0 saturated carbocycles. The Morgan fingerprint density at radius 3 is 2.41 bits per heavy atom. The molecule has 1 aliphatic rings. The Balaban J connectivity index is 1.66. The summed E-state index contributed by atoms with van der Waals surface area (Å²) < 4.78 is 43.6. The van der Waals surface area contributed by atoms with Crippen molar-refractivity contribution in [3.05, 3.63) is 59.2 Å². The van der Waals surface area contributed by atoms with Gasteiger partial charge in [0, 0.05) is 20.1 Å². The van der Waals surface area contributed by atoms with Crippen molar-refractivity contribution in [2.75, 3.05) is 20.1 Å². The molecule has 6 nitrogen and oxygen atoms in total. The van der Waals surface area contributed by atoms with Crippen molar-refractivity contribution in [1.82, 2.24) is 15.5 Å². The molecule has 2 aromatic rings. The molecule has 2 aromatic carbocycles. The van der Waals surface area contributed by atoms with E-state index in [1.807, 2.05) is 6.07 Å². The highest BCUT2D eigenvalue weighted by molar-refractivity contribution is 5.84. The normalized spacial score (nSPS) is 13.4. The number of carbonyl (C=O) groups is 2. The second-order valence-electron chi connectivity index (χ2n) is 6.55. The van der Waals surface area contributed by atoms with Gasteiger partial charge < -0.3 is 20.3 Å². The van der Waals surface area contributed by atoms with Gasteiger partial charge in [-0.25, -0.2) is 4.79 Å². The molecule has 29 heavy (non-hydrogen) atoms. The van der Waals surface area contributed by atoms with Crippen LogP contribution in [0.2, 0.25) is 0 Å². The van der Waals surface area contributed by atoms with Gasteiger partial charge in [-0.05, 0) is 53.9 Å². The van der Waals surface area contributed by atoms with E-state index in [4.69, 9.17) is 4.74 Å². The maximum absolute atomic E-state index is 12.7. The predicted molar refractivity (Wildman–Crippen MR) is 99.5 cm³/mol. The molecule has 0 unspecified atom stereocenters. The van der Waals surface area contributed by atoms with Crippen LogP contribution in [0.5, 0.6) is 11.5 Å². The van der Waals surface area contributed by atoms with E-state index in [-0.39, 0.29) is 18.2 Å². The molecule has 9 heteroatoms. The van der Waals surface area contributed by atoms with Crippen LogP contribution in [-0.4, -0.2) is 37.0 Å². The minimum atomic E-state index is -4.40. The lowest BCUT2D eigenvalue weighted by molar-refractivity contribution is -0.137. The zero-order valence-electron chi connectivity index (χ0n) is 15.7. The highest BCUT2D eigenvalue weighted by Crippen LogP contribution is 2.32. The number of amides is 3. The van der Waals surface area contributed by atoms with Crippen LogP contribution >= 0.6 is 0 Å². The fourth-order valence-electron chi connectivity index (χ4n) is 3.01. The Bertz CT molecular complexity index is 898. The zero-order chi connectivity index (χ0) is 21.0. The lowest BCUT2D eigenvalue weighted by Crippen LogP contribution is -2.44. The summed E-state index contributed by atoms with van der Waals surface area (Å²) in [6, 6.07) is 9.45. The summed E-state index contributed by atoms with van der Waals surface area (Å²) >= 11 is 0. The maximum atomic E-state index is 12.7. The average Bonchev–Trinajstić information content (AvgIpc) is 2.71. The van der Waals surface area contributed by atoms with Crippen molar-refractivity contribution in [2.24, 2.45) is 0 Å². The first-order valence-electron chi connectivity index (χ1n) is 8.96. The number of hydrogen-bond acceptors (Lipinski definition) is 3. The third kappa shape index (κ3) is 5.18. The second-order valence-corrected chi connectivity index (χ2v) is 6.55. The second kappa shape index (κ2) is 8.42. The summed E-state index contributed by atoms with van der Waals surface area (Å²) in [5, 5.41) is 4.85. The molecular formula is C20H20F3N3O3. The third-order valence-electron chi connectivity index (χ3n) is 4.59. The van der Waals surface area contributed by atoms with Crippen molar-refractivity contribution in [2.45, 2.75) is 19.1 Å². The monoisotopic (exact) mass is 407 g/mol. The molecule has 2 N–H and O–H groups in total. The van der Waals surface area contributed by atoms with Crippen molar-refractivity contribution < 1.29 is 27.5 Å². The largest absolute Gasteiger partial charge is 0.457 e. The number of rotatable bonds is 4. The molecule has 0 fully saturated rings. The first-order chi connectivity index (χ1) is 13.8. The smallest absolute Gasteiger partial charge is 0.416 e. The number of halogens is 3. The summed E-state index contributed by atoms with van der Waals surface area (Å²) in [6.45, 7) is 0.810. The summed E-state index contributed by atoms with van der Waals surface area (Å²) in [5.74, 6) is 0.561. The molecule has 0 bridgehead atoms. The van der Waals surface area contributed by atoms with Crippen molar-refractivity contribution >= 4 is 11.9 Å². The molecule has 154 valence electrons. The molecule has 0 saturated heterocycles. The number of benzene rings is 2. The van der Waals surface area contributed by atoms with Gasteiger partial charge in [-0.2, -0.15) is 13.2 Å². The van der Waals surface area contributed by atoms with Crippen LogP contribution in [0, 0.1) is 0 Å². The van der Waals surface area contributed by atoms with E-state index >= 15 is 0 Å². The highest BCUT2D eigenvalue weighted by atomic mass is 19.4. The summed E-state index contributed by atoms with van der Waals surface area (Å²) in [7, 11) is 1.47. The van der Waals surface area contributed by atoms with Gasteiger partial charge in [0.25, 0.3) is 0 Å². The van der Waals surface area contributed by atoms with E-state index in [1.165, 1.54) is 19.2 Å². The van der Waals surface area contributed by atoms with E-state index in [1.54, 1.807) is 17.0 Å². The Labute approximate surface area is 165 Å². The summed E-state index contributed by atoms with van der Waals surface area (Å²) in [5.41, 5.74) is 1.23. The van der Waals surface area contributed by atoms with Gasteiger partial charge in [-0.1, -0.05) is 6.07 Å². The fourth-order valence-corrected chi connectivity index (χ4v) is 3.01. The van der Waals surface area contributed by atoms with Crippen LogP contribution in [-0.2, 0) is 23.9 Å². The molecule has 0 atom stereocenters. The number of urea groups is 1. The Hall–Kier alpha value is -3.23. The number of carbonyl (C=O) groups excluding carboxylic acids is 2. The van der Waals surface area contributed by atoms with E-state index in [0.29, 0.717) is 25.3 Å². The van der Waals surface area contributed by atoms with Crippen molar-refractivity contribution in [1.29, 1.82) is 0 Å². The number of nitrogens with one attached hydrogen (secondary N) is 2. The number of fused-ring (bicyclic) bond motifs is 1. The maximum Gasteiger partial charge on any atom is 0.416 e. The lowest BCUT2D eigenvalue weighted by atomic mass is 9.99. The first kappa shape index (κ1) is 20.5. The van der Waals surface area contributed by atoms with Crippen LogP contribution in [0.4, 0.5) is 18.0 Å². The summed E-state index contributed by atoms with van der Waals surface area (Å²) in [4.78, 5) is 25.1. The van der Waals surface area contributed by atoms with E-state index in [0.717, 1.165) is 23.3 Å². The van der Waals surface area contributed by atoms with Crippen molar-refractivity contribution in [3.63, 3.8) is 0 Å². The summed E-state index contributed by atoms with van der Waals surface area (Å²) in [6.07, 6.45) is -3.73. The number of alkyl halides is 3. The Morgan fingerprint density at radius 1 is 1.07 bits per heavy atom. The number of ether oxygens (including phenoxy) is 1. The molecule has 1 aliphatic heterocycles. The Morgan fingerprint density at radius 2 is 1.76 bits per heavy atom. The molecular weight excluding hydrogens is 387 g/mol. The van der Waals surface area contributed by atoms with Crippen molar-refractivity contribution in [3.8, 4) is 11.5 Å². The SMILES string of the molecule is CNC(=O)NCC(=O)N1CCc2ccc(Oc3ccc(C(F)(F)F)cc3)cc2C1. The molecule has 0 spiro atoms. The van der Waals surface area contributed by atoms with Crippen LogP contribution in [0.15, 0.2) is 42.5 Å². The molecule has 0 aliphatic carbocycles. The van der Waals surface area contributed by atoms with Gasteiger partial charge in [-0.3, -0.25) is 4.79 Å². The van der Waals surface area contributed by atoms with E-state index in [9.17, 15) is 22.8 Å². The lowest BCUT2D eigenvalue weighted by Gasteiger charge is -2.29. The van der Waals surface area contributed by atoms with Crippen LogP contribution in [0.3, 0.4) is 0 Å². The molecule has 1 heterocycles. The first-order valence-corrected chi connectivity index (χ1v) is 8.96. The van der Waals surface area contributed by atoms with Crippen LogP contribution < -0.4 is 15.4 Å². The number of hydrogen-bond donors (Lipinski definition) is 2. The minimum absolute atomic E-state index is 0.100. The minimum Gasteiger partial charge on any atom is -0.457 e. The van der Waals surface area contributed by atoms with Gasteiger partial charge in [0.15, 0.2) is 0 Å². The van der Waals surface area contributed by atoms with Gasteiger partial charge >= 0.3 is 12.2 Å². The van der Waals surface area contributed by atoms with Gasteiger partial charge in [0.05, 0.1) is 12.1 Å². The predicted octanol–water partition coefficient (Wildman–Crippen LogP) is 3.31. The van der Waals surface area contributed by atoms with Crippen LogP contribution in [0.1, 0.15) is 16.7 Å². The average molecular weight is 407 g/mol. The molecule has 0 radical (unpaired) electrons. The van der Waals surface area contributed by atoms with Gasteiger partial charge in [0.1, 0.15) is 11.5 Å². The molecule has 3 amide bonds. The van der Waals surface area contributed by atoms with Crippen LogP contribution in [0.25, 0.3) is 0 Å². The molecule has 0 aromatic heterocycles. The quantitative estimate of drug-likeness (QED) is 0.817. The number of nitrogens with zero attached hydrogens (tertiary/aromatic N) is 1. The standard InChI is InChI=1S/C20H20F3N3O3/c1-24-19(28)25-11-18(27)26-9-8-13-2-5-17(10-14(13)12-26)29-16-6-3-15(4-7-16)20(21,22)23/h2-7,10H,8-9,11-12H2,1H3,(H2,24,25,28). The van der Waals surface area contributed by atoms with E-state index < -0.39 is 17.8 Å². The Kier molecular flexibility index (Phi) is 5.95.